The normalized spacial score (nSPS) is 11.2. The van der Waals surface area contributed by atoms with Crippen LogP contribution in [0.1, 0.15) is 18.1 Å². The summed E-state index contributed by atoms with van der Waals surface area (Å²) in [4.78, 5) is 10.7. The maximum Gasteiger partial charge on any atom is 0.213 e. The average molecular weight is 355 g/mol. The highest BCUT2D eigenvalue weighted by Gasteiger charge is 2.05. The van der Waals surface area contributed by atoms with Crippen LogP contribution in [0.3, 0.4) is 0 Å². The van der Waals surface area contributed by atoms with Gasteiger partial charge in [0.15, 0.2) is 5.96 Å². The second-order valence-electron chi connectivity index (χ2n) is 5.98. The summed E-state index contributed by atoms with van der Waals surface area (Å²) in [5, 5.41) is 6.68. The number of hydrogen-bond acceptors (Lipinski definition) is 4. The van der Waals surface area contributed by atoms with E-state index in [0.29, 0.717) is 12.4 Å². The largest absolute Gasteiger partial charge is 0.481 e. The quantitative estimate of drug-likeness (QED) is 0.563. The van der Waals surface area contributed by atoms with E-state index in [2.05, 4.69) is 63.6 Å². The number of methoxy groups -OCH3 is 1. The number of hydrogen-bond donors (Lipinski definition) is 2. The first-order chi connectivity index (χ1) is 12.7. The highest BCUT2D eigenvalue weighted by molar-refractivity contribution is 5.79. The second-order valence-corrected chi connectivity index (χ2v) is 5.98. The summed E-state index contributed by atoms with van der Waals surface area (Å²) >= 11 is 0. The van der Waals surface area contributed by atoms with Crippen LogP contribution < -0.4 is 20.3 Å². The van der Waals surface area contributed by atoms with E-state index < -0.39 is 0 Å². The number of ether oxygens (including phenoxy) is 1. The minimum atomic E-state index is 0.615. The van der Waals surface area contributed by atoms with Crippen molar-refractivity contribution in [2.24, 2.45) is 4.99 Å². The second kappa shape index (κ2) is 10.3. The zero-order valence-corrected chi connectivity index (χ0v) is 16.1. The smallest absolute Gasteiger partial charge is 0.213 e. The van der Waals surface area contributed by atoms with Crippen LogP contribution in [0, 0.1) is 6.92 Å². The fourth-order valence-electron chi connectivity index (χ4n) is 2.68. The monoisotopic (exact) mass is 355 g/mol. The number of anilines is 1. The molecule has 1 aromatic heterocycles. The Morgan fingerprint density at radius 1 is 1.23 bits per heavy atom. The van der Waals surface area contributed by atoms with Crippen molar-refractivity contribution >= 4 is 11.6 Å². The molecule has 2 N–H and O–H groups in total. The number of aliphatic imine (C=N–C) groups is 1. The standard InChI is InChI=1S/C20H29N5O/c1-5-25(18-8-6-7-16(2)13-18)12-11-23-20(21-3)24-15-17-9-10-22-19(14-17)26-4/h6-10,13-14H,5,11-12,15H2,1-4H3,(H2,21,23,24). The summed E-state index contributed by atoms with van der Waals surface area (Å²) in [6, 6.07) is 12.5. The first-order valence-corrected chi connectivity index (χ1v) is 8.91. The van der Waals surface area contributed by atoms with Crippen LogP contribution in [-0.2, 0) is 6.54 Å². The first kappa shape index (κ1) is 19.6. The number of aryl methyl sites for hydroxylation is 1. The molecule has 1 aromatic carbocycles. The Hall–Kier alpha value is -2.76. The molecule has 2 rings (SSSR count). The lowest BCUT2D eigenvalue weighted by molar-refractivity contribution is 0.397. The third kappa shape index (κ3) is 5.95. The molecule has 0 radical (unpaired) electrons. The molecule has 2 aromatic rings. The van der Waals surface area contributed by atoms with Crippen molar-refractivity contribution in [2.45, 2.75) is 20.4 Å². The van der Waals surface area contributed by atoms with Gasteiger partial charge in [-0.05, 0) is 43.2 Å². The van der Waals surface area contributed by atoms with E-state index in [-0.39, 0.29) is 0 Å². The number of nitrogens with one attached hydrogen (secondary N) is 2. The fraction of sp³-hybridized carbons (Fsp3) is 0.400. The van der Waals surface area contributed by atoms with Gasteiger partial charge in [0.05, 0.1) is 7.11 Å². The number of nitrogens with zero attached hydrogens (tertiary/aromatic N) is 3. The zero-order chi connectivity index (χ0) is 18.8. The van der Waals surface area contributed by atoms with Gasteiger partial charge in [0, 0.05) is 51.2 Å². The predicted molar refractivity (Wildman–Crippen MR) is 108 cm³/mol. The molecule has 0 saturated heterocycles. The van der Waals surface area contributed by atoms with Gasteiger partial charge in [-0.15, -0.1) is 0 Å². The number of pyridine rings is 1. The molecule has 140 valence electrons. The minimum Gasteiger partial charge on any atom is -0.481 e. The van der Waals surface area contributed by atoms with Crippen LogP contribution in [0.15, 0.2) is 47.6 Å². The van der Waals surface area contributed by atoms with Crippen molar-refractivity contribution in [3.63, 3.8) is 0 Å². The lowest BCUT2D eigenvalue weighted by Gasteiger charge is -2.24. The zero-order valence-electron chi connectivity index (χ0n) is 16.1. The molecule has 0 bridgehead atoms. The maximum absolute atomic E-state index is 5.15. The Morgan fingerprint density at radius 3 is 2.77 bits per heavy atom. The number of likely N-dealkylation sites (N-methyl/N-ethyl adjacent to an activating group) is 1. The Labute approximate surface area is 156 Å². The third-order valence-corrected chi connectivity index (χ3v) is 4.11. The number of rotatable bonds is 8. The topological polar surface area (TPSA) is 61.8 Å². The summed E-state index contributed by atoms with van der Waals surface area (Å²) in [6.07, 6.45) is 1.74. The van der Waals surface area contributed by atoms with Crippen LogP contribution in [0.2, 0.25) is 0 Å². The van der Waals surface area contributed by atoms with Crippen LogP contribution in [0.4, 0.5) is 5.69 Å². The molecular formula is C20H29N5O. The lowest BCUT2D eigenvalue weighted by atomic mass is 10.2. The van der Waals surface area contributed by atoms with Crippen molar-refractivity contribution in [1.82, 2.24) is 15.6 Å². The molecule has 6 heteroatoms. The molecule has 26 heavy (non-hydrogen) atoms. The maximum atomic E-state index is 5.15. The third-order valence-electron chi connectivity index (χ3n) is 4.11. The molecular weight excluding hydrogens is 326 g/mol. The molecule has 1 heterocycles. The molecule has 6 nitrogen and oxygen atoms in total. The molecule has 0 aliphatic carbocycles. The van der Waals surface area contributed by atoms with Gasteiger partial charge in [-0.3, -0.25) is 4.99 Å². The summed E-state index contributed by atoms with van der Waals surface area (Å²) in [5.41, 5.74) is 3.62. The summed E-state index contributed by atoms with van der Waals surface area (Å²) in [7, 11) is 3.40. The summed E-state index contributed by atoms with van der Waals surface area (Å²) in [6.45, 7) is 7.63. The predicted octanol–water partition coefficient (Wildman–Crippen LogP) is 2.59. The fourth-order valence-corrected chi connectivity index (χ4v) is 2.68. The number of aromatic nitrogens is 1. The Bertz CT molecular complexity index is 717. The molecule has 0 spiro atoms. The molecule has 0 aliphatic heterocycles. The van der Waals surface area contributed by atoms with Crippen molar-refractivity contribution in [2.75, 3.05) is 38.7 Å². The van der Waals surface area contributed by atoms with Crippen LogP contribution in [0.5, 0.6) is 5.88 Å². The van der Waals surface area contributed by atoms with Crippen molar-refractivity contribution in [3.8, 4) is 5.88 Å². The average Bonchev–Trinajstić information content (AvgIpc) is 2.67. The molecule has 0 fully saturated rings. The summed E-state index contributed by atoms with van der Waals surface area (Å²) in [5.74, 6) is 1.39. The van der Waals surface area contributed by atoms with E-state index in [1.807, 2.05) is 12.1 Å². The van der Waals surface area contributed by atoms with Crippen LogP contribution in [0.25, 0.3) is 0 Å². The van der Waals surface area contributed by atoms with Crippen molar-refractivity contribution in [3.05, 3.63) is 53.7 Å². The first-order valence-electron chi connectivity index (χ1n) is 8.91. The lowest BCUT2D eigenvalue weighted by Crippen LogP contribution is -2.41. The highest BCUT2D eigenvalue weighted by Crippen LogP contribution is 2.15. The highest BCUT2D eigenvalue weighted by atomic mass is 16.5. The van der Waals surface area contributed by atoms with Gasteiger partial charge in [-0.25, -0.2) is 4.98 Å². The van der Waals surface area contributed by atoms with Crippen molar-refractivity contribution in [1.29, 1.82) is 0 Å². The van der Waals surface area contributed by atoms with Crippen LogP contribution >= 0.6 is 0 Å². The van der Waals surface area contributed by atoms with Crippen LogP contribution in [-0.4, -0.2) is 44.7 Å². The SMILES string of the molecule is CCN(CCNC(=NC)NCc1ccnc(OC)c1)c1cccc(C)c1. The van der Waals surface area contributed by atoms with E-state index in [0.717, 1.165) is 31.2 Å². The van der Waals surface area contributed by atoms with Gasteiger partial charge in [-0.2, -0.15) is 0 Å². The van der Waals surface area contributed by atoms with E-state index in [4.69, 9.17) is 4.74 Å². The van der Waals surface area contributed by atoms with E-state index >= 15 is 0 Å². The molecule has 0 amide bonds. The Morgan fingerprint density at radius 2 is 2.08 bits per heavy atom. The van der Waals surface area contributed by atoms with E-state index in [1.54, 1.807) is 20.4 Å². The van der Waals surface area contributed by atoms with E-state index in [9.17, 15) is 0 Å². The Kier molecular flexibility index (Phi) is 7.74. The number of benzene rings is 1. The molecule has 0 atom stereocenters. The Balaban J connectivity index is 1.82. The van der Waals surface area contributed by atoms with E-state index in [1.165, 1.54) is 11.3 Å². The van der Waals surface area contributed by atoms with Crippen molar-refractivity contribution < 1.29 is 4.74 Å². The van der Waals surface area contributed by atoms with Gasteiger partial charge < -0.3 is 20.3 Å². The molecule has 0 unspecified atom stereocenters. The molecule has 0 saturated carbocycles. The van der Waals surface area contributed by atoms with Gasteiger partial charge in [0.1, 0.15) is 0 Å². The van der Waals surface area contributed by atoms with Gasteiger partial charge in [-0.1, -0.05) is 12.1 Å². The molecule has 0 aliphatic rings. The minimum absolute atomic E-state index is 0.615. The van der Waals surface area contributed by atoms with Gasteiger partial charge in [0.2, 0.25) is 5.88 Å². The number of guanidine groups is 1. The summed E-state index contributed by atoms with van der Waals surface area (Å²) < 4.78 is 5.15. The van der Waals surface area contributed by atoms with Gasteiger partial charge >= 0.3 is 0 Å². The van der Waals surface area contributed by atoms with Gasteiger partial charge in [0.25, 0.3) is 0 Å².